The lowest BCUT2D eigenvalue weighted by Gasteiger charge is -2.14. The van der Waals surface area contributed by atoms with Crippen LogP contribution in [0, 0.1) is 6.92 Å². The van der Waals surface area contributed by atoms with Gasteiger partial charge >= 0.3 is 0 Å². The van der Waals surface area contributed by atoms with Gasteiger partial charge in [0.25, 0.3) is 0 Å². The molecule has 2 nitrogen and oxygen atoms in total. The van der Waals surface area contributed by atoms with Crippen LogP contribution in [0.3, 0.4) is 0 Å². The second-order valence-electron chi connectivity index (χ2n) is 4.70. The molecule has 0 fully saturated rings. The van der Waals surface area contributed by atoms with Gasteiger partial charge in [0.1, 0.15) is 5.75 Å². The first-order chi connectivity index (χ1) is 8.65. The maximum atomic E-state index is 9.68. The molecule has 0 spiro atoms. The number of aliphatic hydroxyl groups excluding tert-OH is 1. The Bertz CT molecular complexity index is 369. The fourth-order valence-electron chi connectivity index (χ4n) is 1.86. The first-order valence-corrected chi connectivity index (χ1v) is 6.67. The van der Waals surface area contributed by atoms with E-state index in [2.05, 4.69) is 6.58 Å². The largest absolute Gasteiger partial charge is 0.493 e. The fraction of sp³-hybridized carbons (Fsp3) is 0.500. The number of allylic oxidation sites excluding steroid dienone is 1. The summed E-state index contributed by atoms with van der Waals surface area (Å²) in [4.78, 5) is 0. The maximum Gasteiger partial charge on any atom is 0.125 e. The number of rotatable bonds is 8. The van der Waals surface area contributed by atoms with Crippen LogP contribution < -0.4 is 4.74 Å². The van der Waals surface area contributed by atoms with Crippen molar-refractivity contribution in [2.75, 3.05) is 6.61 Å². The summed E-state index contributed by atoms with van der Waals surface area (Å²) in [5, 5.41) is 9.68. The van der Waals surface area contributed by atoms with Crippen molar-refractivity contribution in [1.29, 1.82) is 0 Å². The Balaban J connectivity index is 2.45. The molecule has 1 aromatic carbocycles. The highest BCUT2D eigenvalue weighted by molar-refractivity contribution is 5.38. The summed E-state index contributed by atoms with van der Waals surface area (Å²) in [6.07, 6.45) is 5.91. The lowest BCUT2D eigenvalue weighted by atomic mass is 10.1. The Hall–Kier alpha value is -1.28. The second-order valence-corrected chi connectivity index (χ2v) is 4.70. The Labute approximate surface area is 110 Å². The first-order valence-electron chi connectivity index (χ1n) is 6.67. The number of unbranched alkanes of at least 4 members (excludes halogenated alkanes) is 3. The van der Waals surface area contributed by atoms with Gasteiger partial charge in [-0.1, -0.05) is 18.2 Å². The van der Waals surface area contributed by atoms with Gasteiger partial charge in [-0.2, -0.15) is 0 Å². The average molecular weight is 248 g/mol. The predicted molar refractivity (Wildman–Crippen MR) is 76.0 cm³/mol. The third-order valence-electron chi connectivity index (χ3n) is 2.93. The van der Waals surface area contributed by atoms with E-state index in [4.69, 9.17) is 4.74 Å². The third kappa shape index (κ3) is 4.92. The average Bonchev–Trinajstić information content (AvgIpc) is 2.33. The minimum Gasteiger partial charge on any atom is -0.493 e. The van der Waals surface area contributed by atoms with Gasteiger partial charge in [-0.3, -0.25) is 0 Å². The van der Waals surface area contributed by atoms with Crippen molar-refractivity contribution in [3.63, 3.8) is 0 Å². The molecule has 2 heteroatoms. The number of aryl methyl sites for hydroxylation is 1. The molecule has 0 heterocycles. The van der Waals surface area contributed by atoms with Crippen molar-refractivity contribution in [3.05, 3.63) is 42.0 Å². The van der Waals surface area contributed by atoms with Gasteiger partial charge < -0.3 is 9.84 Å². The molecular formula is C16H24O2. The number of hydrogen-bond acceptors (Lipinski definition) is 2. The number of aliphatic hydroxyl groups is 1. The quantitative estimate of drug-likeness (QED) is 0.552. The smallest absolute Gasteiger partial charge is 0.125 e. The van der Waals surface area contributed by atoms with E-state index in [0.29, 0.717) is 6.61 Å². The van der Waals surface area contributed by atoms with Crippen LogP contribution in [-0.4, -0.2) is 11.7 Å². The summed E-state index contributed by atoms with van der Waals surface area (Å²) in [6.45, 7) is 8.21. The molecule has 1 N–H and O–H groups in total. The maximum absolute atomic E-state index is 9.68. The first kappa shape index (κ1) is 14.8. The zero-order valence-electron chi connectivity index (χ0n) is 11.5. The van der Waals surface area contributed by atoms with E-state index in [0.717, 1.165) is 36.1 Å². The molecule has 0 saturated carbocycles. The molecule has 0 aliphatic heterocycles. The monoisotopic (exact) mass is 248 g/mol. The van der Waals surface area contributed by atoms with E-state index in [1.54, 1.807) is 6.92 Å². The fourth-order valence-corrected chi connectivity index (χ4v) is 1.86. The van der Waals surface area contributed by atoms with E-state index in [1.807, 2.05) is 31.2 Å². The molecule has 1 aromatic rings. The topological polar surface area (TPSA) is 29.5 Å². The standard InChI is InChI=1S/C16H24O2/c1-4-5-6-7-8-11-18-16-12-13(2)9-10-15(16)14(3)17/h4,9-10,12,14,17H,1,5-8,11H2,2-3H3/t14-/m0/s1. The summed E-state index contributed by atoms with van der Waals surface area (Å²) in [6, 6.07) is 5.93. The lowest BCUT2D eigenvalue weighted by molar-refractivity contribution is 0.190. The van der Waals surface area contributed by atoms with E-state index >= 15 is 0 Å². The van der Waals surface area contributed by atoms with Crippen LogP contribution in [0.2, 0.25) is 0 Å². The van der Waals surface area contributed by atoms with Gasteiger partial charge in [0.05, 0.1) is 12.7 Å². The van der Waals surface area contributed by atoms with Crippen molar-refractivity contribution >= 4 is 0 Å². The van der Waals surface area contributed by atoms with Crippen LogP contribution in [0.4, 0.5) is 0 Å². The van der Waals surface area contributed by atoms with Crippen LogP contribution in [0.5, 0.6) is 5.75 Å². The summed E-state index contributed by atoms with van der Waals surface area (Å²) in [5.41, 5.74) is 2.02. The Kier molecular flexibility index (Phi) is 6.51. The van der Waals surface area contributed by atoms with Gasteiger partial charge in [0.2, 0.25) is 0 Å². The predicted octanol–water partition coefficient (Wildman–Crippen LogP) is 4.17. The molecule has 1 rings (SSSR count). The van der Waals surface area contributed by atoms with Gasteiger partial charge in [0, 0.05) is 5.56 Å². The minimum absolute atomic E-state index is 0.485. The molecule has 0 amide bonds. The van der Waals surface area contributed by atoms with Crippen LogP contribution >= 0.6 is 0 Å². The van der Waals surface area contributed by atoms with Gasteiger partial charge in [-0.05, 0) is 51.2 Å². The molecule has 0 radical (unpaired) electrons. The lowest BCUT2D eigenvalue weighted by Crippen LogP contribution is -2.02. The van der Waals surface area contributed by atoms with E-state index in [-0.39, 0.29) is 0 Å². The molecular weight excluding hydrogens is 224 g/mol. The molecule has 100 valence electrons. The Morgan fingerprint density at radius 3 is 2.78 bits per heavy atom. The SMILES string of the molecule is C=CCCCCCOc1cc(C)ccc1[C@H](C)O. The zero-order valence-corrected chi connectivity index (χ0v) is 11.5. The van der Waals surface area contributed by atoms with Crippen LogP contribution in [0.15, 0.2) is 30.9 Å². The van der Waals surface area contributed by atoms with Crippen LogP contribution in [0.1, 0.15) is 49.8 Å². The molecule has 1 atom stereocenters. The number of ether oxygens (including phenoxy) is 1. The molecule has 0 aromatic heterocycles. The molecule has 0 aliphatic carbocycles. The van der Waals surface area contributed by atoms with Crippen molar-refractivity contribution in [2.45, 2.75) is 45.6 Å². The molecule has 0 unspecified atom stereocenters. The summed E-state index contributed by atoms with van der Waals surface area (Å²) < 4.78 is 5.77. The van der Waals surface area contributed by atoms with Gasteiger partial charge in [-0.15, -0.1) is 6.58 Å². The number of benzene rings is 1. The molecule has 0 saturated heterocycles. The van der Waals surface area contributed by atoms with Gasteiger partial charge in [0.15, 0.2) is 0 Å². The third-order valence-corrected chi connectivity index (χ3v) is 2.93. The Morgan fingerprint density at radius 2 is 2.11 bits per heavy atom. The summed E-state index contributed by atoms with van der Waals surface area (Å²) in [5.74, 6) is 0.814. The molecule has 0 aliphatic rings. The van der Waals surface area contributed by atoms with Crippen molar-refractivity contribution < 1.29 is 9.84 Å². The van der Waals surface area contributed by atoms with Crippen molar-refractivity contribution in [1.82, 2.24) is 0 Å². The summed E-state index contributed by atoms with van der Waals surface area (Å²) in [7, 11) is 0. The highest BCUT2D eigenvalue weighted by Gasteiger charge is 2.08. The normalized spacial score (nSPS) is 12.2. The van der Waals surface area contributed by atoms with E-state index in [1.165, 1.54) is 6.42 Å². The van der Waals surface area contributed by atoms with Crippen LogP contribution in [0.25, 0.3) is 0 Å². The van der Waals surface area contributed by atoms with Crippen LogP contribution in [-0.2, 0) is 0 Å². The van der Waals surface area contributed by atoms with Crippen molar-refractivity contribution in [3.8, 4) is 5.75 Å². The minimum atomic E-state index is -0.485. The van der Waals surface area contributed by atoms with Crippen molar-refractivity contribution in [2.24, 2.45) is 0 Å². The Morgan fingerprint density at radius 1 is 1.33 bits per heavy atom. The highest BCUT2D eigenvalue weighted by Crippen LogP contribution is 2.26. The number of hydrogen-bond donors (Lipinski definition) is 1. The molecule has 18 heavy (non-hydrogen) atoms. The van der Waals surface area contributed by atoms with E-state index in [9.17, 15) is 5.11 Å². The summed E-state index contributed by atoms with van der Waals surface area (Å²) >= 11 is 0. The second kappa shape index (κ2) is 7.93. The van der Waals surface area contributed by atoms with E-state index < -0.39 is 6.10 Å². The van der Waals surface area contributed by atoms with Gasteiger partial charge in [-0.25, -0.2) is 0 Å². The molecule has 0 bridgehead atoms. The highest BCUT2D eigenvalue weighted by atomic mass is 16.5. The zero-order chi connectivity index (χ0) is 13.4.